The molecule has 0 radical (unpaired) electrons. The molecule has 3 heterocycles. The number of anilines is 1. The van der Waals surface area contributed by atoms with E-state index in [0.717, 1.165) is 4.90 Å². The van der Waals surface area contributed by atoms with Crippen LogP contribution in [0.2, 0.25) is 0 Å². The Bertz CT molecular complexity index is 1010. The maximum absolute atomic E-state index is 13.3. The molecule has 0 aliphatic carbocycles. The first-order valence-corrected chi connectivity index (χ1v) is 13.9. The highest BCUT2D eigenvalue weighted by molar-refractivity contribution is 6.25. The third kappa shape index (κ3) is 8.38. The number of carbonyl (C=O) groups is 5. The first-order valence-electron chi connectivity index (χ1n) is 13.9. The molecule has 1 unspecified atom stereocenters. The zero-order valence-electron chi connectivity index (χ0n) is 24.5. The van der Waals surface area contributed by atoms with Crippen LogP contribution in [0.1, 0.15) is 116 Å². The van der Waals surface area contributed by atoms with Crippen LogP contribution in [0.4, 0.5) is 5.69 Å². The third-order valence-electron chi connectivity index (χ3n) is 6.02. The lowest BCUT2D eigenvalue weighted by atomic mass is 9.95. The largest absolute Gasteiger partial charge is 0.460 e. The summed E-state index contributed by atoms with van der Waals surface area (Å²) >= 11 is 0. The molecule has 1 atom stereocenters. The number of imide groups is 2. The third-order valence-corrected chi connectivity index (χ3v) is 6.02. The van der Waals surface area contributed by atoms with E-state index in [1.807, 2.05) is 67.2 Å². The standard InChI is InChI=1S/C23H27N3O6.3C2H6.CH4/c1-23(2,3)32-22(31)13-9-11-25(12-10-13)15-6-4-5-14-18(15)21(30)26(20(14)29)16-7-8-17(27)24-19(16)28;3*1-2;/h4-6,13,16H,7-12H2,1-3H3,(H,24,27,28);3*1-2H3;1H4. The lowest BCUT2D eigenvalue weighted by molar-refractivity contribution is -0.160. The van der Waals surface area contributed by atoms with Gasteiger partial charge in [0.2, 0.25) is 11.8 Å². The second-order valence-electron chi connectivity index (χ2n) is 9.44. The van der Waals surface area contributed by atoms with Crippen LogP contribution < -0.4 is 10.2 Å². The van der Waals surface area contributed by atoms with Gasteiger partial charge in [0, 0.05) is 19.5 Å². The minimum Gasteiger partial charge on any atom is -0.460 e. The Morgan fingerprint density at radius 3 is 1.97 bits per heavy atom. The fourth-order valence-electron chi connectivity index (χ4n) is 4.50. The minimum absolute atomic E-state index is 0. The van der Waals surface area contributed by atoms with E-state index >= 15 is 0 Å². The first kappa shape index (κ1) is 35.8. The molecule has 0 saturated carbocycles. The predicted molar refractivity (Wildman–Crippen MR) is 155 cm³/mol. The van der Waals surface area contributed by atoms with Crippen molar-refractivity contribution < 1.29 is 28.7 Å². The van der Waals surface area contributed by atoms with Crippen LogP contribution in [0.15, 0.2) is 18.2 Å². The number of hydrogen-bond donors (Lipinski definition) is 1. The van der Waals surface area contributed by atoms with Crippen LogP contribution in [0.3, 0.4) is 0 Å². The van der Waals surface area contributed by atoms with Crippen molar-refractivity contribution in [2.24, 2.45) is 5.92 Å². The smallest absolute Gasteiger partial charge is 0.309 e. The Balaban J connectivity index is 0.00000193. The number of fused-ring (bicyclic) bond motifs is 1. The zero-order valence-corrected chi connectivity index (χ0v) is 24.5. The summed E-state index contributed by atoms with van der Waals surface area (Å²) in [6.45, 7) is 18.6. The summed E-state index contributed by atoms with van der Waals surface area (Å²) < 4.78 is 5.50. The van der Waals surface area contributed by atoms with Crippen molar-refractivity contribution in [1.29, 1.82) is 0 Å². The Labute approximate surface area is 234 Å². The molecule has 0 bridgehead atoms. The summed E-state index contributed by atoms with van der Waals surface area (Å²) in [6.07, 6.45) is 1.36. The summed E-state index contributed by atoms with van der Waals surface area (Å²) in [6, 6.07) is 4.09. The second-order valence-corrected chi connectivity index (χ2v) is 9.44. The Kier molecular flexibility index (Phi) is 14.7. The molecule has 3 aliphatic heterocycles. The molecule has 0 spiro atoms. The average molecular weight is 548 g/mol. The molecular formula is C30H49N3O6. The molecule has 39 heavy (non-hydrogen) atoms. The van der Waals surface area contributed by atoms with Gasteiger partial charge in [-0.15, -0.1) is 0 Å². The first-order chi connectivity index (χ1) is 18.1. The fourth-order valence-corrected chi connectivity index (χ4v) is 4.50. The molecule has 0 aromatic heterocycles. The van der Waals surface area contributed by atoms with Gasteiger partial charge in [0.1, 0.15) is 11.6 Å². The van der Waals surface area contributed by atoms with Crippen molar-refractivity contribution >= 4 is 35.3 Å². The van der Waals surface area contributed by atoms with E-state index in [1.54, 1.807) is 18.2 Å². The van der Waals surface area contributed by atoms with Gasteiger partial charge in [-0.2, -0.15) is 0 Å². The summed E-state index contributed by atoms with van der Waals surface area (Å²) in [4.78, 5) is 65.4. The molecule has 2 saturated heterocycles. The van der Waals surface area contributed by atoms with Crippen molar-refractivity contribution in [3.63, 3.8) is 0 Å². The average Bonchev–Trinajstić information content (AvgIpc) is 3.16. The summed E-state index contributed by atoms with van der Waals surface area (Å²) in [5.41, 5.74) is 0.614. The molecule has 4 rings (SSSR count). The lowest BCUT2D eigenvalue weighted by Crippen LogP contribution is -2.54. The monoisotopic (exact) mass is 547 g/mol. The highest BCUT2D eigenvalue weighted by Gasteiger charge is 2.46. The van der Waals surface area contributed by atoms with Gasteiger partial charge in [0.05, 0.1) is 22.7 Å². The molecule has 9 heteroatoms. The van der Waals surface area contributed by atoms with Crippen molar-refractivity contribution in [2.75, 3.05) is 18.0 Å². The molecule has 4 amide bonds. The van der Waals surface area contributed by atoms with Gasteiger partial charge >= 0.3 is 5.97 Å². The molecule has 1 N–H and O–H groups in total. The van der Waals surface area contributed by atoms with Gasteiger partial charge in [-0.1, -0.05) is 55.0 Å². The zero-order chi connectivity index (χ0) is 29.2. The normalized spacial score (nSPS) is 18.6. The van der Waals surface area contributed by atoms with E-state index in [-0.39, 0.29) is 43.3 Å². The van der Waals surface area contributed by atoms with Crippen molar-refractivity contribution in [3.05, 3.63) is 29.3 Å². The van der Waals surface area contributed by atoms with Crippen molar-refractivity contribution in [2.45, 2.75) is 107 Å². The van der Waals surface area contributed by atoms with E-state index in [1.165, 1.54) is 0 Å². The van der Waals surface area contributed by atoms with Crippen molar-refractivity contribution in [1.82, 2.24) is 10.2 Å². The van der Waals surface area contributed by atoms with Crippen molar-refractivity contribution in [3.8, 4) is 0 Å². The fraction of sp³-hybridized carbons (Fsp3) is 0.633. The number of amides is 4. The molecular weight excluding hydrogens is 498 g/mol. The number of rotatable bonds is 3. The highest BCUT2D eigenvalue weighted by atomic mass is 16.6. The van der Waals surface area contributed by atoms with Gasteiger partial charge < -0.3 is 9.64 Å². The van der Waals surface area contributed by atoms with E-state index in [4.69, 9.17) is 4.74 Å². The topological polar surface area (TPSA) is 113 Å². The Hall–Kier alpha value is -3.23. The van der Waals surface area contributed by atoms with Gasteiger partial charge in [-0.3, -0.25) is 34.2 Å². The van der Waals surface area contributed by atoms with Crippen LogP contribution in [-0.2, 0) is 19.1 Å². The highest BCUT2D eigenvalue weighted by Crippen LogP contribution is 2.36. The lowest BCUT2D eigenvalue weighted by Gasteiger charge is -2.34. The number of nitrogens with zero attached hydrogens (tertiary/aromatic N) is 2. The predicted octanol–water partition coefficient (Wildman–Crippen LogP) is 5.36. The van der Waals surface area contributed by atoms with Gasteiger partial charge in [0.15, 0.2) is 0 Å². The molecule has 3 aliphatic rings. The quantitative estimate of drug-likeness (QED) is 0.400. The summed E-state index contributed by atoms with van der Waals surface area (Å²) in [5, 5.41) is 2.21. The summed E-state index contributed by atoms with van der Waals surface area (Å²) in [5.74, 6) is -2.51. The molecule has 9 nitrogen and oxygen atoms in total. The minimum atomic E-state index is -0.995. The number of nitrogens with one attached hydrogen (secondary N) is 1. The Morgan fingerprint density at radius 1 is 0.897 bits per heavy atom. The second kappa shape index (κ2) is 16.0. The number of piperidine rings is 2. The van der Waals surface area contributed by atoms with Crippen LogP contribution in [0.5, 0.6) is 0 Å². The number of ether oxygens (including phenoxy) is 1. The van der Waals surface area contributed by atoms with Crippen LogP contribution >= 0.6 is 0 Å². The maximum Gasteiger partial charge on any atom is 0.309 e. The number of esters is 1. The number of benzene rings is 1. The van der Waals surface area contributed by atoms with Crippen LogP contribution in [-0.4, -0.2) is 59.2 Å². The molecule has 1 aromatic carbocycles. The number of hydrogen-bond acceptors (Lipinski definition) is 7. The van der Waals surface area contributed by atoms with Gasteiger partial charge in [-0.25, -0.2) is 0 Å². The maximum atomic E-state index is 13.3. The van der Waals surface area contributed by atoms with E-state index < -0.39 is 35.3 Å². The van der Waals surface area contributed by atoms with Crippen LogP contribution in [0, 0.1) is 5.92 Å². The molecule has 2 fully saturated rings. The van der Waals surface area contributed by atoms with Crippen LogP contribution in [0.25, 0.3) is 0 Å². The Morgan fingerprint density at radius 2 is 1.46 bits per heavy atom. The summed E-state index contributed by atoms with van der Waals surface area (Å²) in [7, 11) is 0. The van der Waals surface area contributed by atoms with Gasteiger partial charge in [-0.05, 0) is 52.2 Å². The molecule has 220 valence electrons. The SMILES string of the molecule is C.CC.CC.CC.CC(C)(C)OC(=O)C1CCN(c2cccc3c2C(=O)N(C2CCC(=O)NC2=O)C3=O)CC1. The van der Waals surface area contributed by atoms with E-state index in [0.29, 0.717) is 31.6 Å². The van der Waals surface area contributed by atoms with Gasteiger partial charge in [0.25, 0.3) is 11.8 Å². The van der Waals surface area contributed by atoms with E-state index in [9.17, 15) is 24.0 Å². The molecule has 1 aromatic rings. The number of carbonyl (C=O) groups excluding carboxylic acids is 5. The van der Waals surface area contributed by atoms with E-state index in [2.05, 4.69) is 5.32 Å².